The zero-order valence-electron chi connectivity index (χ0n) is 13.3. The molecule has 2 aliphatic rings. The maximum Gasteiger partial charge on any atom is 0.109 e. The van der Waals surface area contributed by atoms with Crippen molar-refractivity contribution in [1.29, 1.82) is 5.26 Å². The van der Waals surface area contributed by atoms with Crippen LogP contribution in [0.1, 0.15) is 64.7 Å². The summed E-state index contributed by atoms with van der Waals surface area (Å²) in [5.74, 6) is 0.540. The molecule has 2 fully saturated rings. The van der Waals surface area contributed by atoms with Crippen LogP contribution in [0.5, 0.6) is 0 Å². The van der Waals surface area contributed by atoms with Crippen LogP contribution in [0.25, 0.3) is 0 Å². The van der Waals surface area contributed by atoms with Crippen LogP contribution < -0.4 is 5.32 Å². The van der Waals surface area contributed by atoms with E-state index in [-0.39, 0.29) is 5.54 Å². The van der Waals surface area contributed by atoms with Gasteiger partial charge in [-0.1, -0.05) is 32.6 Å². The Bertz CT molecular complexity index is 330. The predicted molar refractivity (Wildman–Crippen MR) is 83.5 cm³/mol. The Kier molecular flexibility index (Phi) is 5.86. The fourth-order valence-electron chi connectivity index (χ4n) is 4.27. The van der Waals surface area contributed by atoms with E-state index in [4.69, 9.17) is 0 Å². The molecule has 0 aromatic rings. The largest absolute Gasteiger partial charge is 0.303 e. The van der Waals surface area contributed by atoms with Crippen molar-refractivity contribution >= 4 is 0 Å². The van der Waals surface area contributed by atoms with Gasteiger partial charge in [0.25, 0.3) is 0 Å². The van der Waals surface area contributed by atoms with Crippen LogP contribution in [-0.2, 0) is 0 Å². The van der Waals surface area contributed by atoms with Gasteiger partial charge in [0.05, 0.1) is 6.07 Å². The van der Waals surface area contributed by atoms with Crippen molar-refractivity contribution in [2.45, 2.75) is 76.3 Å². The second-order valence-electron chi connectivity index (χ2n) is 6.76. The Morgan fingerprint density at radius 2 is 1.95 bits per heavy atom. The Labute approximate surface area is 124 Å². The molecule has 114 valence electrons. The summed E-state index contributed by atoms with van der Waals surface area (Å²) in [4.78, 5) is 2.56. The molecule has 0 heterocycles. The van der Waals surface area contributed by atoms with E-state index in [0.717, 1.165) is 25.6 Å². The zero-order valence-corrected chi connectivity index (χ0v) is 13.3. The first-order valence-corrected chi connectivity index (χ1v) is 8.58. The Balaban J connectivity index is 1.84. The number of nitrogens with one attached hydrogen (secondary N) is 1. The first-order chi connectivity index (χ1) is 9.72. The normalized spacial score (nSPS) is 31.6. The van der Waals surface area contributed by atoms with Crippen molar-refractivity contribution < 1.29 is 0 Å². The first kappa shape index (κ1) is 15.8. The minimum atomic E-state index is -0.234. The molecule has 2 saturated carbocycles. The topological polar surface area (TPSA) is 39.1 Å². The van der Waals surface area contributed by atoms with Crippen LogP contribution in [0.3, 0.4) is 0 Å². The van der Waals surface area contributed by atoms with Gasteiger partial charge in [-0.05, 0) is 58.2 Å². The molecular weight excluding hydrogens is 246 g/mol. The van der Waals surface area contributed by atoms with Gasteiger partial charge in [-0.3, -0.25) is 5.32 Å². The van der Waals surface area contributed by atoms with Crippen molar-refractivity contribution in [3.05, 3.63) is 0 Å². The molecular formula is C17H31N3. The van der Waals surface area contributed by atoms with Crippen molar-refractivity contribution in [1.82, 2.24) is 10.2 Å². The van der Waals surface area contributed by atoms with Gasteiger partial charge in [-0.25, -0.2) is 0 Å². The van der Waals surface area contributed by atoms with E-state index < -0.39 is 0 Å². The quantitative estimate of drug-likeness (QED) is 0.809. The van der Waals surface area contributed by atoms with Crippen molar-refractivity contribution in [2.75, 3.05) is 20.1 Å². The molecule has 0 aliphatic heterocycles. The second-order valence-corrected chi connectivity index (χ2v) is 6.76. The van der Waals surface area contributed by atoms with E-state index in [1.165, 1.54) is 51.4 Å². The molecule has 20 heavy (non-hydrogen) atoms. The van der Waals surface area contributed by atoms with Gasteiger partial charge in [0.15, 0.2) is 0 Å². The molecule has 2 aliphatic carbocycles. The summed E-state index contributed by atoms with van der Waals surface area (Å²) in [7, 11) is 2.28. The summed E-state index contributed by atoms with van der Waals surface area (Å²) in [6.07, 6.45) is 11.6. The van der Waals surface area contributed by atoms with Crippen LogP contribution in [0.15, 0.2) is 0 Å². The Morgan fingerprint density at radius 1 is 1.20 bits per heavy atom. The highest BCUT2D eigenvalue weighted by Crippen LogP contribution is 2.37. The highest BCUT2D eigenvalue weighted by atomic mass is 15.1. The van der Waals surface area contributed by atoms with Crippen molar-refractivity contribution in [3.63, 3.8) is 0 Å². The van der Waals surface area contributed by atoms with Gasteiger partial charge >= 0.3 is 0 Å². The molecule has 2 rings (SSSR count). The Morgan fingerprint density at radius 3 is 2.60 bits per heavy atom. The van der Waals surface area contributed by atoms with E-state index in [9.17, 15) is 5.26 Å². The fourth-order valence-corrected chi connectivity index (χ4v) is 4.27. The summed E-state index contributed by atoms with van der Waals surface area (Å²) in [6, 6.07) is 3.39. The second kappa shape index (κ2) is 7.43. The summed E-state index contributed by atoms with van der Waals surface area (Å²) in [6.45, 7) is 4.18. The lowest BCUT2D eigenvalue weighted by Crippen LogP contribution is -2.48. The monoisotopic (exact) mass is 277 g/mol. The van der Waals surface area contributed by atoms with E-state index >= 15 is 0 Å². The predicted octanol–water partition coefficient (Wildman–Crippen LogP) is 3.31. The smallest absolute Gasteiger partial charge is 0.109 e. The van der Waals surface area contributed by atoms with Crippen LogP contribution in [0.4, 0.5) is 0 Å². The molecule has 3 heteroatoms. The third-order valence-electron chi connectivity index (χ3n) is 5.54. The molecule has 0 spiro atoms. The SMILES string of the molecule is CCNC1(C#N)CCCC1CCN(C)C1CCCCC1. The van der Waals surface area contributed by atoms with E-state index in [1.807, 2.05) is 0 Å². The highest BCUT2D eigenvalue weighted by molar-refractivity contribution is 5.14. The number of rotatable bonds is 6. The molecule has 0 bridgehead atoms. The Hall–Kier alpha value is -0.590. The lowest BCUT2D eigenvalue weighted by Gasteiger charge is -2.34. The summed E-state index contributed by atoms with van der Waals surface area (Å²) in [5, 5.41) is 13.1. The van der Waals surface area contributed by atoms with E-state index in [2.05, 4.69) is 30.3 Å². The van der Waals surface area contributed by atoms with Crippen LogP contribution in [-0.4, -0.2) is 36.6 Å². The van der Waals surface area contributed by atoms with Gasteiger partial charge < -0.3 is 4.90 Å². The third-order valence-corrected chi connectivity index (χ3v) is 5.54. The van der Waals surface area contributed by atoms with Crippen molar-refractivity contribution in [2.24, 2.45) is 5.92 Å². The summed E-state index contributed by atoms with van der Waals surface area (Å²) in [5.41, 5.74) is -0.234. The minimum absolute atomic E-state index is 0.234. The molecule has 0 amide bonds. The van der Waals surface area contributed by atoms with Crippen LogP contribution in [0.2, 0.25) is 0 Å². The molecule has 2 unspecified atom stereocenters. The number of hydrogen-bond donors (Lipinski definition) is 1. The molecule has 3 nitrogen and oxygen atoms in total. The fraction of sp³-hybridized carbons (Fsp3) is 0.941. The lowest BCUT2D eigenvalue weighted by atomic mass is 9.85. The van der Waals surface area contributed by atoms with E-state index in [0.29, 0.717) is 5.92 Å². The number of nitriles is 1. The van der Waals surface area contributed by atoms with Gasteiger partial charge in [-0.15, -0.1) is 0 Å². The van der Waals surface area contributed by atoms with Gasteiger partial charge in [-0.2, -0.15) is 5.26 Å². The lowest BCUT2D eigenvalue weighted by molar-refractivity contribution is 0.170. The van der Waals surface area contributed by atoms with Gasteiger partial charge in [0, 0.05) is 6.04 Å². The molecule has 2 atom stereocenters. The van der Waals surface area contributed by atoms with Gasteiger partial charge in [0.2, 0.25) is 0 Å². The molecule has 0 aromatic heterocycles. The highest BCUT2D eigenvalue weighted by Gasteiger charge is 2.42. The van der Waals surface area contributed by atoms with Crippen molar-refractivity contribution in [3.8, 4) is 6.07 Å². The maximum absolute atomic E-state index is 9.61. The molecule has 1 N–H and O–H groups in total. The molecule has 0 aromatic carbocycles. The van der Waals surface area contributed by atoms with Gasteiger partial charge in [0.1, 0.15) is 5.54 Å². The maximum atomic E-state index is 9.61. The number of nitrogens with zero attached hydrogens (tertiary/aromatic N) is 2. The summed E-state index contributed by atoms with van der Waals surface area (Å²) < 4.78 is 0. The molecule has 0 radical (unpaired) electrons. The minimum Gasteiger partial charge on any atom is -0.303 e. The molecule has 0 saturated heterocycles. The summed E-state index contributed by atoms with van der Waals surface area (Å²) >= 11 is 0. The average Bonchev–Trinajstić information content (AvgIpc) is 2.89. The number of hydrogen-bond acceptors (Lipinski definition) is 3. The first-order valence-electron chi connectivity index (χ1n) is 8.58. The standard InChI is InChI=1S/C17H31N3/c1-3-19-17(14-18)12-7-8-15(17)11-13-20(2)16-9-5-4-6-10-16/h15-16,19H,3-13H2,1-2H3. The average molecular weight is 277 g/mol. The van der Waals surface area contributed by atoms with E-state index in [1.54, 1.807) is 0 Å². The van der Waals surface area contributed by atoms with Crippen LogP contribution in [0, 0.1) is 17.2 Å². The zero-order chi connectivity index (χ0) is 14.4. The van der Waals surface area contributed by atoms with Crippen LogP contribution >= 0.6 is 0 Å². The third kappa shape index (κ3) is 3.54.